The molecule has 2 heterocycles. The van der Waals surface area contributed by atoms with Gasteiger partial charge in [-0.25, -0.2) is 0 Å². The summed E-state index contributed by atoms with van der Waals surface area (Å²) in [7, 11) is -0.971. The van der Waals surface area contributed by atoms with Crippen LogP contribution in [0, 0.1) is 0 Å². The number of anilines is 1. The quantitative estimate of drug-likeness (QED) is 0.852. The highest BCUT2D eigenvalue weighted by molar-refractivity contribution is 7.99. The van der Waals surface area contributed by atoms with E-state index in [1.54, 1.807) is 0 Å². The lowest BCUT2D eigenvalue weighted by Crippen LogP contribution is -2.43. The molecular weight excluding hydrogens is 278 g/mol. The van der Waals surface area contributed by atoms with Crippen LogP contribution in [-0.4, -0.2) is 33.2 Å². The summed E-state index contributed by atoms with van der Waals surface area (Å²) in [6, 6.07) is 7.46. The van der Waals surface area contributed by atoms with E-state index in [4.69, 9.17) is 10.5 Å². The van der Waals surface area contributed by atoms with Crippen LogP contribution in [0.15, 0.2) is 29.2 Å². The molecule has 1 aromatic rings. The first-order valence-electron chi connectivity index (χ1n) is 6.66. The molecule has 3 atom stereocenters. The van der Waals surface area contributed by atoms with Crippen LogP contribution in [0.1, 0.15) is 19.3 Å². The SMILES string of the molecule is Nc1cccc(S(=O)C2CCOC3(CCSC3)C2)c1. The van der Waals surface area contributed by atoms with Gasteiger partial charge in [-0.15, -0.1) is 0 Å². The van der Waals surface area contributed by atoms with Crippen molar-refractivity contribution < 1.29 is 8.95 Å². The minimum atomic E-state index is -0.971. The number of hydrogen-bond donors (Lipinski definition) is 1. The molecule has 0 amide bonds. The van der Waals surface area contributed by atoms with Crippen molar-refractivity contribution in [1.29, 1.82) is 0 Å². The van der Waals surface area contributed by atoms with Crippen LogP contribution in [0.5, 0.6) is 0 Å². The Hall–Kier alpha value is -0.520. The molecule has 3 nitrogen and oxygen atoms in total. The maximum Gasteiger partial charge on any atom is 0.0791 e. The number of thioether (sulfide) groups is 1. The molecule has 104 valence electrons. The predicted molar refractivity (Wildman–Crippen MR) is 80.9 cm³/mol. The van der Waals surface area contributed by atoms with Crippen LogP contribution in [-0.2, 0) is 15.5 Å². The predicted octanol–water partition coefficient (Wildman–Crippen LogP) is 2.43. The minimum absolute atomic E-state index is 0.0103. The number of nitrogen functional groups attached to an aromatic ring is 1. The van der Waals surface area contributed by atoms with E-state index in [2.05, 4.69) is 0 Å². The third kappa shape index (κ3) is 2.83. The molecule has 19 heavy (non-hydrogen) atoms. The van der Waals surface area contributed by atoms with Crippen LogP contribution in [0.25, 0.3) is 0 Å². The van der Waals surface area contributed by atoms with Crippen molar-refractivity contribution >= 4 is 28.2 Å². The molecule has 0 aromatic heterocycles. The Bertz CT molecular complexity index is 486. The molecule has 2 fully saturated rings. The molecule has 2 aliphatic heterocycles. The van der Waals surface area contributed by atoms with Gasteiger partial charge in [0.05, 0.1) is 16.4 Å². The van der Waals surface area contributed by atoms with Gasteiger partial charge in [-0.1, -0.05) is 6.07 Å². The van der Waals surface area contributed by atoms with Crippen LogP contribution in [0.4, 0.5) is 5.69 Å². The van der Waals surface area contributed by atoms with Crippen molar-refractivity contribution in [1.82, 2.24) is 0 Å². The summed E-state index contributed by atoms with van der Waals surface area (Å²) in [5.41, 5.74) is 6.45. The van der Waals surface area contributed by atoms with E-state index in [-0.39, 0.29) is 10.9 Å². The van der Waals surface area contributed by atoms with E-state index >= 15 is 0 Å². The lowest BCUT2D eigenvalue weighted by atomic mass is 9.93. The first-order chi connectivity index (χ1) is 9.19. The second-order valence-electron chi connectivity index (χ2n) is 5.32. The summed E-state index contributed by atoms with van der Waals surface area (Å²) in [4.78, 5) is 0.854. The standard InChI is InChI=1S/C14H19NO2S2/c15-11-2-1-3-12(8-11)19(16)13-4-6-17-14(9-13)5-7-18-10-14/h1-3,8,13H,4-7,9-10,15H2. The zero-order chi connectivity index (χ0) is 13.3. The topological polar surface area (TPSA) is 52.3 Å². The molecule has 1 aromatic carbocycles. The first kappa shape index (κ1) is 13.5. The van der Waals surface area contributed by atoms with Gasteiger partial charge in [0.2, 0.25) is 0 Å². The second kappa shape index (κ2) is 5.46. The Morgan fingerprint density at radius 3 is 3.11 bits per heavy atom. The number of hydrogen-bond acceptors (Lipinski definition) is 4. The first-order valence-corrected chi connectivity index (χ1v) is 9.03. The summed E-state index contributed by atoms with van der Waals surface area (Å²) in [6.07, 6.45) is 2.90. The fraction of sp³-hybridized carbons (Fsp3) is 0.571. The fourth-order valence-electron chi connectivity index (χ4n) is 2.86. The fourth-order valence-corrected chi connectivity index (χ4v) is 5.85. The van der Waals surface area contributed by atoms with Crippen molar-refractivity contribution in [3.05, 3.63) is 24.3 Å². The third-order valence-corrected chi connectivity index (χ3v) is 6.86. The van der Waals surface area contributed by atoms with Crippen molar-refractivity contribution in [2.24, 2.45) is 0 Å². The summed E-state index contributed by atoms with van der Waals surface area (Å²) in [5.74, 6) is 2.22. The number of ether oxygens (including phenoxy) is 1. The van der Waals surface area contributed by atoms with Crippen molar-refractivity contribution in [3.8, 4) is 0 Å². The number of benzene rings is 1. The van der Waals surface area contributed by atoms with Gasteiger partial charge in [-0.05, 0) is 43.2 Å². The molecule has 2 aliphatic rings. The highest BCUT2D eigenvalue weighted by atomic mass is 32.2. The molecule has 3 rings (SSSR count). The normalized spacial score (nSPS) is 32.5. The maximum absolute atomic E-state index is 12.7. The average molecular weight is 297 g/mol. The number of nitrogens with two attached hydrogens (primary N) is 1. The molecule has 0 saturated carbocycles. The van der Waals surface area contributed by atoms with Crippen LogP contribution < -0.4 is 5.73 Å². The van der Waals surface area contributed by atoms with Crippen molar-refractivity contribution in [2.45, 2.75) is 35.0 Å². The van der Waals surface area contributed by atoms with Gasteiger partial charge in [0.15, 0.2) is 0 Å². The lowest BCUT2D eigenvalue weighted by molar-refractivity contribution is -0.0567. The number of rotatable bonds is 2. The molecule has 5 heteroatoms. The van der Waals surface area contributed by atoms with Gasteiger partial charge in [-0.2, -0.15) is 11.8 Å². The second-order valence-corrected chi connectivity index (χ2v) is 8.16. The van der Waals surface area contributed by atoms with Gasteiger partial charge in [-0.3, -0.25) is 4.21 Å². The smallest absolute Gasteiger partial charge is 0.0791 e. The molecule has 0 aliphatic carbocycles. The van der Waals surface area contributed by atoms with E-state index in [1.165, 1.54) is 0 Å². The molecule has 0 radical (unpaired) electrons. The van der Waals surface area contributed by atoms with Crippen LogP contribution in [0.3, 0.4) is 0 Å². The zero-order valence-electron chi connectivity index (χ0n) is 10.8. The molecule has 2 N–H and O–H groups in total. The van der Waals surface area contributed by atoms with Crippen LogP contribution in [0.2, 0.25) is 0 Å². The van der Waals surface area contributed by atoms with E-state index in [0.717, 1.165) is 42.3 Å². The average Bonchev–Trinajstić information content (AvgIpc) is 2.86. The Balaban J connectivity index is 1.76. The monoisotopic (exact) mass is 297 g/mol. The molecule has 2 saturated heterocycles. The largest absolute Gasteiger partial charge is 0.399 e. The van der Waals surface area contributed by atoms with E-state index in [9.17, 15) is 4.21 Å². The molecule has 1 spiro atoms. The van der Waals surface area contributed by atoms with E-state index in [1.807, 2.05) is 36.0 Å². The molecule has 0 bridgehead atoms. The molecular formula is C14H19NO2S2. The van der Waals surface area contributed by atoms with Crippen molar-refractivity contribution in [3.63, 3.8) is 0 Å². The van der Waals surface area contributed by atoms with Crippen LogP contribution >= 0.6 is 11.8 Å². The Kier molecular flexibility index (Phi) is 3.87. The van der Waals surface area contributed by atoms with Gasteiger partial charge >= 0.3 is 0 Å². The van der Waals surface area contributed by atoms with Gasteiger partial charge in [0.1, 0.15) is 0 Å². The summed E-state index contributed by atoms with van der Waals surface area (Å²) >= 11 is 1.95. The lowest BCUT2D eigenvalue weighted by Gasteiger charge is -2.37. The van der Waals surface area contributed by atoms with E-state index in [0.29, 0.717) is 5.69 Å². The minimum Gasteiger partial charge on any atom is -0.399 e. The van der Waals surface area contributed by atoms with Gasteiger partial charge < -0.3 is 10.5 Å². The third-order valence-electron chi connectivity index (χ3n) is 3.91. The Morgan fingerprint density at radius 1 is 1.47 bits per heavy atom. The summed E-state index contributed by atoms with van der Waals surface area (Å²) in [5, 5.41) is 0.203. The highest BCUT2D eigenvalue weighted by Gasteiger charge is 2.42. The van der Waals surface area contributed by atoms with Gasteiger partial charge in [0, 0.05) is 28.2 Å². The van der Waals surface area contributed by atoms with Crippen molar-refractivity contribution in [2.75, 3.05) is 23.8 Å². The zero-order valence-corrected chi connectivity index (χ0v) is 12.5. The van der Waals surface area contributed by atoms with Gasteiger partial charge in [0.25, 0.3) is 0 Å². The Morgan fingerprint density at radius 2 is 2.37 bits per heavy atom. The maximum atomic E-state index is 12.7. The summed E-state index contributed by atoms with van der Waals surface area (Å²) in [6.45, 7) is 0.735. The van der Waals surface area contributed by atoms with E-state index < -0.39 is 10.8 Å². The highest BCUT2D eigenvalue weighted by Crippen LogP contribution is 2.40. The molecule has 3 unspecified atom stereocenters. The summed E-state index contributed by atoms with van der Waals surface area (Å²) < 4.78 is 18.7. The Labute approximate surface area is 120 Å².